The number of halogens is 1. The van der Waals surface area contributed by atoms with Crippen molar-refractivity contribution in [1.82, 2.24) is 0 Å². The van der Waals surface area contributed by atoms with E-state index in [0.29, 0.717) is 0 Å². The second kappa shape index (κ2) is 27.7. The minimum Gasteiger partial charge on any atom is -1.00 e. The van der Waals surface area contributed by atoms with E-state index in [1.165, 1.54) is 172 Å². The highest BCUT2D eigenvalue weighted by atomic mass is 79.9. The second-order valence-electron chi connectivity index (χ2n) is 10.5. The summed E-state index contributed by atoms with van der Waals surface area (Å²) < 4.78 is 1.38. The topological polar surface area (TPSA) is 0 Å². The van der Waals surface area contributed by atoms with Crippen LogP contribution in [0, 0.1) is 0 Å². The maximum Gasteiger partial charge on any atom is 0.0786 e. The van der Waals surface area contributed by atoms with Crippen LogP contribution in [0.4, 0.5) is 0 Å². The maximum atomic E-state index is 2.42. The van der Waals surface area contributed by atoms with Gasteiger partial charge < -0.3 is 21.5 Å². The number of unbranched alkanes of at least 4 members (excludes halogenated alkanes) is 20. The lowest BCUT2D eigenvalue weighted by atomic mass is 10.0. The highest BCUT2D eigenvalue weighted by molar-refractivity contribution is 4.51. The normalized spacial score (nSPS) is 11.6. The van der Waals surface area contributed by atoms with Gasteiger partial charge in [-0.2, -0.15) is 0 Å². The molecule has 32 heavy (non-hydrogen) atoms. The number of nitrogens with zero attached hydrogens (tertiary/aromatic N) is 1. The Balaban J connectivity index is 0. The summed E-state index contributed by atoms with van der Waals surface area (Å²) in [6.07, 6.45) is 32.1. The fourth-order valence-corrected chi connectivity index (χ4v) is 5.19. The van der Waals surface area contributed by atoms with Crippen LogP contribution in [0.2, 0.25) is 0 Å². The summed E-state index contributed by atoms with van der Waals surface area (Å²) in [4.78, 5) is 0. The Morgan fingerprint density at radius 3 is 0.750 bits per heavy atom. The second-order valence-corrected chi connectivity index (χ2v) is 10.5. The molecular formula is C30H64BrN. The lowest BCUT2D eigenvalue weighted by Crippen LogP contribution is -3.00. The Labute approximate surface area is 216 Å². The third kappa shape index (κ3) is 22.2. The zero-order chi connectivity index (χ0) is 22.9. The van der Waals surface area contributed by atoms with Crippen LogP contribution in [0.15, 0.2) is 0 Å². The minimum atomic E-state index is 0. The van der Waals surface area contributed by atoms with Crippen molar-refractivity contribution < 1.29 is 21.5 Å². The van der Waals surface area contributed by atoms with Crippen LogP contribution in [0.1, 0.15) is 169 Å². The quantitative estimate of drug-likeness (QED) is 0.0823. The Hall–Kier alpha value is 0.440. The van der Waals surface area contributed by atoms with Crippen LogP contribution in [0.25, 0.3) is 0 Å². The summed E-state index contributed by atoms with van der Waals surface area (Å²) in [6, 6.07) is 0. The minimum absolute atomic E-state index is 0. The fraction of sp³-hybridized carbons (Fsp3) is 1.00. The first kappa shape index (κ1) is 34.6. The standard InChI is InChI=1S/C30H64N.BrH/c1-5-9-11-13-15-16-17-18-19-20-21-22-23-24-26-28-30-31(7-3,8-4)29-27-25-14-12-10-6-2;/h5-30H2,1-4H3;1H/q+1;/p-1. The molecule has 0 amide bonds. The summed E-state index contributed by atoms with van der Waals surface area (Å²) in [5.41, 5.74) is 0. The lowest BCUT2D eigenvalue weighted by Gasteiger charge is -2.37. The van der Waals surface area contributed by atoms with Gasteiger partial charge in [-0.15, -0.1) is 0 Å². The summed E-state index contributed by atoms with van der Waals surface area (Å²) >= 11 is 0. The molecule has 0 heterocycles. The van der Waals surface area contributed by atoms with E-state index in [0.717, 1.165) is 0 Å². The van der Waals surface area contributed by atoms with Gasteiger partial charge in [-0.3, -0.25) is 0 Å². The van der Waals surface area contributed by atoms with Gasteiger partial charge in [0.05, 0.1) is 26.2 Å². The molecule has 0 atom stereocenters. The van der Waals surface area contributed by atoms with Crippen molar-refractivity contribution in [3.05, 3.63) is 0 Å². The molecule has 1 nitrogen and oxygen atoms in total. The van der Waals surface area contributed by atoms with Gasteiger partial charge in [-0.1, -0.05) is 129 Å². The molecule has 0 rings (SSSR count). The number of hydrogen-bond acceptors (Lipinski definition) is 0. The first-order valence-electron chi connectivity index (χ1n) is 15.1. The van der Waals surface area contributed by atoms with Gasteiger partial charge in [0.15, 0.2) is 0 Å². The van der Waals surface area contributed by atoms with E-state index in [2.05, 4.69) is 27.7 Å². The Kier molecular flexibility index (Phi) is 29.9. The molecule has 0 saturated heterocycles. The van der Waals surface area contributed by atoms with Crippen molar-refractivity contribution in [2.24, 2.45) is 0 Å². The van der Waals surface area contributed by atoms with Crippen LogP contribution < -0.4 is 17.0 Å². The number of hydrogen-bond donors (Lipinski definition) is 0. The molecule has 0 saturated carbocycles. The highest BCUT2D eigenvalue weighted by Gasteiger charge is 2.21. The average Bonchev–Trinajstić information content (AvgIpc) is 2.79. The van der Waals surface area contributed by atoms with Gasteiger partial charge in [0.1, 0.15) is 0 Å². The van der Waals surface area contributed by atoms with Gasteiger partial charge in [0.25, 0.3) is 0 Å². The zero-order valence-electron chi connectivity index (χ0n) is 23.2. The number of quaternary nitrogens is 1. The van der Waals surface area contributed by atoms with E-state index in [9.17, 15) is 0 Å². The molecule has 0 aromatic carbocycles. The molecule has 0 aromatic rings. The summed E-state index contributed by atoms with van der Waals surface area (Å²) in [5.74, 6) is 0. The van der Waals surface area contributed by atoms with E-state index in [4.69, 9.17) is 0 Å². The van der Waals surface area contributed by atoms with Gasteiger partial charge in [-0.05, 0) is 39.5 Å². The summed E-state index contributed by atoms with van der Waals surface area (Å²) in [7, 11) is 0. The first-order chi connectivity index (χ1) is 15.2. The molecule has 196 valence electrons. The van der Waals surface area contributed by atoms with E-state index >= 15 is 0 Å². The molecule has 0 aliphatic rings. The van der Waals surface area contributed by atoms with Crippen LogP contribution in [0.5, 0.6) is 0 Å². The van der Waals surface area contributed by atoms with Gasteiger partial charge >= 0.3 is 0 Å². The van der Waals surface area contributed by atoms with Crippen LogP contribution >= 0.6 is 0 Å². The van der Waals surface area contributed by atoms with Crippen molar-refractivity contribution in [2.45, 2.75) is 169 Å². The smallest absolute Gasteiger partial charge is 0.0786 e. The molecule has 2 heteroatoms. The van der Waals surface area contributed by atoms with E-state index < -0.39 is 0 Å². The summed E-state index contributed by atoms with van der Waals surface area (Å²) in [6.45, 7) is 15.0. The van der Waals surface area contributed by atoms with Gasteiger partial charge in [0.2, 0.25) is 0 Å². The molecule has 0 aliphatic carbocycles. The molecule has 0 bridgehead atoms. The van der Waals surface area contributed by atoms with Gasteiger partial charge in [0, 0.05) is 0 Å². The van der Waals surface area contributed by atoms with Crippen molar-refractivity contribution >= 4 is 0 Å². The molecule has 0 N–H and O–H groups in total. The summed E-state index contributed by atoms with van der Waals surface area (Å²) in [5, 5.41) is 0. The van der Waals surface area contributed by atoms with Crippen molar-refractivity contribution in [2.75, 3.05) is 26.2 Å². The van der Waals surface area contributed by atoms with E-state index in [-0.39, 0.29) is 17.0 Å². The fourth-order valence-electron chi connectivity index (χ4n) is 5.19. The van der Waals surface area contributed by atoms with E-state index in [1.807, 2.05) is 0 Å². The van der Waals surface area contributed by atoms with Gasteiger partial charge in [-0.25, -0.2) is 0 Å². The Bertz CT molecular complexity index is 327. The zero-order valence-corrected chi connectivity index (χ0v) is 24.8. The number of rotatable bonds is 26. The van der Waals surface area contributed by atoms with Crippen molar-refractivity contribution in [3.8, 4) is 0 Å². The maximum absolute atomic E-state index is 2.42. The van der Waals surface area contributed by atoms with Crippen LogP contribution in [0.3, 0.4) is 0 Å². The third-order valence-electron chi connectivity index (χ3n) is 7.81. The SMILES string of the molecule is CCCCCCCCCCCCCCCCCC[N+](CC)(CC)CCCCCCCC.[Br-]. The predicted octanol–water partition coefficient (Wildman–Crippen LogP) is 7.47. The predicted molar refractivity (Wildman–Crippen MR) is 144 cm³/mol. The molecule has 0 spiro atoms. The Morgan fingerprint density at radius 1 is 0.312 bits per heavy atom. The molecule has 0 aliphatic heterocycles. The average molecular weight is 519 g/mol. The molecule has 0 radical (unpaired) electrons. The largest absolute Gasteiger partial charge is 1.00 e. The molecule has 0 aromatic heterocycles. The van der Waals surface area contributed by atoms with Crippen LogP contribution in [-0.2, 0) is 0 Å². The monoisotopic (exact) mass is 517 g/mol. The van der Waals surface area contributed by atoms with Crippen molar-refractivity contribution in [3.63, 3.8) is 0 Å². The molecular weight excluding hydrogens is 454 g/mol. The van der Waals surface area contributed by atoms with Crippen molar-refractivity contribution in [1.29, 1.82) is 0 Å². The molecule has 0 fully saturated rings. The Morgan fingerprint density at radius 2 is 0.531 bits per heavy atom. The first-order valence-corrected chi connectivity index (χ1v) is 15.1. The molecule has 0 unspecified atom stereocenters. The lowest BCUT2D eigenvalue weighted by molar-refractivity contribution is -0.925. The third-order valence-corrected chi connectivity index (χ3v) is 7.81. The van der Waals surface area contributed by atoms with Crippen LogP contribution in [-0.4, -0.2) is 30.7 Å². The van der Waals surface area contributed by atoms with E-state index in [1.54, 1.807) is 0 Å². The highest BCUT2D eigenvalue weighted by Crippen LogP contribution is 2.16.